The van der Waals surface area contributed by atoms with Crippen LogP contribution in [0.3, 0.4) is 0 Å². The topological polar surface area (TPSA) is 128 Å². The van der Waals surface area contributed by atoms with Gasteiger partial charge in [-0.3, -0.25) is 24.7 Å². The van der Waals surface area contributed by atoms with Crippen LogP contribution in [0.15, 0.2) is 72.9 Å². The van der Waals surface area contributed by atoms with E-state index in [2.05, 4.69) is 31.2 Å². The normalized spacial score (nSPS) is 15.6. The Labute approximate surface area is 312 Å². The fourth-order valence-corrected chi connectivity index (χ4v) is 6.95. The molecule has 0 radical (unpaired) electrons. The van der Waals surface area contributed by atoms with E-state index in [1.54, 1.807) is 23.1 Å². The molecule has 14 heteroatoms. The summed E-state index contributed by atoms with van der Waals surface area (Å²) in [5.41, 5.74) is 3.76. The number of nitrogens with one attached hydrogen (secondary N) is 4. The Balaban J connectivity index is 1.18. The van der Waals surface area contributed by atoms with Crippen molar-refractivity contribution in [3.05, 3.63) is 101 Å². The molecule has 0 spiro atoms. The maximum Gasteiger partial charge on any atom is 0.419 e. The second-order valence-electron chi connectivity index (χ2n) is 13.8. The second kappa shape index (κ2) is 16.2. The minimum absolute atomic E-state index is 0.162. The summed E-state index contributed by atoms with van der Waals surface area (Å²) in [4.78, 5) is 44.5. The number of para-hydroxylation sites is 1. The molecule has 2 aliphatic rings. The number of aromatic nitrogens is 1. The molecule has 2 saturated heterocycles. The molecule has 3 heterocycles. The molecule has 0 atom stereocenters. The third-order valence-electron chi connectivity index (χ3n) is 9.58. The molecule has 4 N–H and O–H groups in total. The van der Waals surface area contributed by atoms with E-state index in [0.29, 0.717) is 18.0 Å². The number of halogens is 3. The Morgan fingerprint density at radius 2 is 1.72 bits per heavy atom. The maximum atomic E-state index is 14.1. The van der Waals surface area contributed by atoms with Gasteiger partial charge in [-0.2, -0.15) is 13.2 Å². The van der Waals surface area contributed by atoms with Crippen molar-refractivity contribution in [3.63, 3.8) is 0 Å². The smallest absolute Gasteiger partial charge is 0.419 e. The van der Waals surface area contributed by atoms with Gasteiger partial charge < -0.3 is 20.7 Å². The summed E-state index contributed by atoms with van der Waals surface area (Å²) in [6.07, 6.45) is -2.00. The second-order valence-corrected chi connectivity index (χ2v) is 13.8. The van der Waals surface area contributed by atoms with E-state index in [-0.39, 0.29) is 47.1 Å². The number of urea groups is 1. The number of anilines is 5. The zero-order valence-corrected chi connectivity index (χ0v) is 30.6. The van der Waals surface area contributed by atoms with Crippen molar-refractivity contribution in [1.29, 1.82) is 0 Å². The number of carbonyl (C=O) groups excluding carboxylic acids is 3. The first-order valence-electron chi connectivity index (χ1n) is 17.9. The van der Waals surface area contributed by atoms with Crippen molar-refractivity contribution in [3.8, 4) is 5.75 Å². The van der Waals surface area contributed by atoms with Crippen molar-refractivity contribution >= 4 is 46.4 Å². The lowest BCUT2D eigenvalue weighted by Crippen LogP contribution is -2.49. The highest BCUT2D eigenvalue weighted by atomic mass is 19.4. The molecule has 0 unspecified atom stereocenters. The molecule has 11 nitrogen and oxygen atoms in total. The van der Waals surface area contributed by atoms with Gasteiger partial charge in [-0.25, -0.2) is 9.78 Å². The highest BCUT2D eigenvalue weighted by Crippen LogP contribution is 2.41. The summed E-state index contributed by atoms with van der Waals surface area (Å²) < 4.78 is 48.6. The number of amides is 4. The van der Waals surface area contributed by atoms with Gasteiger partial charge in [0.25, 0.3) is 5.91 Å². The zero-order chi connectivity index (χ0) is 38.6. The number of rotatable bonds is 11. The Morgan fingerprint density at radius 3 is 2.43 bits per heavy atom. The van der Waals surface area contributed by atoms with Gasteiger partial charge >= 0.3 is 12.2 Å². The molecule has 54 heavy (non-hydrogen) atoms. The molecule has 2 aliphatic heterocycles. The third-order valence-corrected chi connectivity index (χ3v) is 9.58. The van der Waals surface area contributed by atoms with E-state index in [1.165, 1.54) is 19.2 Å². The van der Waals surface area contributed by atoms with Gasteiger partial charge in [0.1, 0.15) is 11.6 Å². The minimum atomic E-state index is -4.70. The molecule has 3 aromatic carbocycles. The van der Waals surface area contributed by atoms with Crippen LogP contribution in [0.25, 0.3) is 0 Å². The number of nitrogens with zero attached hydrogens (tertiary/aromatic N) is 3. The Bertz CT molecular complexity index is 2030. The Morgan fingerprint density at radius 1 is 0.963 bits per heavy atom. The number of ether oxygens (including phenoxy) is 1. The van der Waals surface area contributed by atoms with Crippen molar-refractivity contribution < 1.29 is 32.3 Å². The first kappa shape index (κ1) is 38.1. The number of pyridine rings is 1. The molecule has 0 aliphatic carbocycles. The van der Waals surface area contributed by atoms with Crippen molar-refractivity contribution in [2.45, 2.75) is 64.8 Å². The van der Waals surface area contributed by atoms with Gasteiger partial charge in [-0.15, -0.1) is 0 Å². The molecule has 4 aromatic rings. The number of hydrogen-bond donors (Lipinski definition) is 4. The molecular weight excluding hydrogens is 699 g/mol. The fraction of sp³-hybridized carbons (Fsp3) is 0.350. The molecule has 1 aromatic heterocycles. The number of aryl methyl sites for hydroxylation is 1. The van der Waals surface area contributed by atoms with Crippen LogP contribution >= 0.6 is 0 Å². The van der Waals surface area contributed by atoms with Crippen LogP contribution in [0.5, 0.6) is 5.75 Å². The van der Waals surface area contributed by atoms with E-state index in [1.807, 2.05) is 57.2 Å². The highest BCUT2D eigenvalue weighted by Gasteiger charge is 2.35. The lowest BCUT2D eigenvalue weighted by atomic mass is 9.86. The number of piperidine rings is 1. The summed E-state index contributed by atoms with van der Waals surface area (Å²) >= 11 is 0. The van der Waals surface area contributed by atoms with Crippen molar-refractivity contribution in [2.75, 3.05) is 42.2 Å². The number of benzene rings is 3. The molecule has 284 valence electrons. The largest absolute Gasteiger partial charge is 0.489 e. The van der Waals surface area contributed by atoms with Gasteiger partial charge in [0.2, 0.25) is 5.91 Å². The number of alkyl halides is 3. The lowest BCUT2D eigenvalue weighted by molar-refractivity contribution is -0.137. The van der Waals surface area contributed by atoms with E-state index >= 15 is 0 Å². The molecule has 6 rings (SSSR count). The molecule has 0 bridgehead atoms. The quantitative estimate of drug-likeness (QED) is 0.122. The van der Waals surface area contributed by atoms with Crippen molar-refractivity contribution in [1.82, 2.24) is 20.5 Å². The number of carbonyl (C=O) groups is 3. The molecule has 2 fully saturated rings. The average Bonchev–Trinajstić information content (AvgIpc) is 3.12. The molecule has 4 amide bonds. The van der Waals surface area contributed by atoms with Crippen LogP contribution in [0, 0.1) is 6.92 Å². The maximum absolute atomic E-state index is 14.1. The van der Waals surface area contributed by atoms with E-state index in [4.69, 9.17) is 4.74 Å². The zero-order valence-electron chi connectivity index (χ0n) is 30.6. The summed E-state index contributed by atoms with van der Waals surface area (Å²) in [6, 6.07) is 19.0. The van der Waals surface area contributed by atoms with E-state index in [0.717, 1.165) is 61.1 Å². The molecular formula is C40H44F3N7O4. The first-order valence-corrected chi connectivity index (χ1v) is 17.9. The predicted octanol–water partition coefficient (Wildman–Crippen LogP) is 7.87. The summed E-state index contributed by atoms with van der Waals surface area (Å²) in [7, 11) is 1.45. The van der Waals surface area contributed by atoms with Gasteiger partial charge in [0, 0.05) is 44.5 Å². The average molecular weight is 744 g/mol. The third kappa shape index (κ3) is 8.93. The lowest BCUT2D eigenvalue weighted by Gasteiger charge is -2.33. The number of imide groups is 1. The minimum Gasteiger partial charge on any atom is -0.489 e. The molecule has 0 saturated carbocycles. The van der Waals surface area contributed by atoms with Crippen LogP contribution in [-0.2, 0) is 17.5 Å². The van der Waals surface area contributed by atoms with Crippen LogP contribution < -0.4 is 30.9 Å². The summed E-state index contributed by atoms with van der Waals surface area (Å²) in [6.45, 7) is 8.65. The van der Waals surface area contributed by atoms with Crippen LogP contribution in [0.1, 0.15) is 71.6 Å². The van der Waals surface area contributed by atoms with E-state index < -0.39 is 23.7 Å². The monoisotopic (exact) mass is 743 g/mol. The van der Waals surface area contributed by atoms with Gasteiger partial charge in [0.15, 0.2) is 0 Å². The fourth-order valence-electron chi connectivity index (χ4n) is 6.95. The first-order chi connectivity index (χ1) is 25.8. The number of likely N-dealkylation sites (tertiary alicyclic amines) is 1. The SMILES string of the molecule is CNC(=O)c1ccccc1Nc1cc(Nc2cc(C)c(C3CCN(Cc4cccc(N5CCC(=O)NC5=O)c4)CC3)cc2OC(C)C)ncc1C(F)(F)F. The highest BCUT2D eigenvalue weighted by molar-refractivity contribution is 6.05. The Hall–Kier alpha value is -5.63. The predicted molar refractivity (Wildman–Crippen MR) is 202 cm³/mol. The summed E-state index contributed by atoms with van der Waals surface area (Å²) in [5, 5.41) is 10.9. The summed E-state index contributed by atoms with van der Waals surface area (Å²) in [5.74, 6) is 0.294. The van der Waals surface area contributed by atoms with Gasteiger partial charge in [-0.1, -0.05) is 24.3 Å². The van der Waals surface area contributed by atoms with Gasteiger partial charge in [0.05, 0.1) is 34.3 Å². The van der Waals surface area contributed by atoms with Crippen LogP contribution in [-0.4, -0.2) is 60.5 Å². The standard InChI is InChI=1S/C40H44F3N7O4/c1-24(2)54-35-20-30(27-12-15-49(16-13-27)23-26-8-7-9-28(19-26)50-17-14-37(51)48-39(50)53)25(3)18-34(35)47-36-21-33(31(22-45-36)40(41,42)43)46-32-11-6-5-10-29(32)38(52)44-4/h5-11,18-22,24,27H,12-17,23H2,1-4H3,(H,44,52)(H2,45,46,47)(H,48,51,53). The van der Waals surface area contributed by atoms with Crippen molar-refractivity contribution in [2.24, 2.45) is 0 Å². The van der Waals surface area contributed by atoms with Crippen LogP contribution in [0.2, 0.25) is 0 Å². The van der Waals surface area contributed by atoms with E-state index in [9.17, 15) is 27.6 Å². The number of hydrogen-bond acceptors (Lipinski definition) is 8. The Kier molecular flexibility index (Phi) is 11.4. The van der Waals surface area contributed by atoms with Crippen LogP contribution in [0.4, 0.5) is 46.5 Å². The van der Waals surface area contributed by atoms with Gasteiger partial charge in [-0.05, 0) is 106 Å².